The topological polar surface area (TPSA) is 155 Å². The molecule has 3 unspecified atom stereocenters. The van der Waals surface area contributed by atoms with E-state index in [1.165, 1.54) is 64.2 Å². The quantitative estimate of drug-likeness (QED) is 0.0197. The van der Waals surface area contributed by atoms with Gasteiger partial charge in [0.2, 0.25) is 0 Å². The molecule has 72 heavy (non-hydrogen) atoms. The monoisotopic (exact) mass is 1030 g/mol. The lowest BCUT2D eigenvalue weighted by atomic mass is 10.1. The van der Waals surface area contributed by atoms with Gasteiger partial charge in [0.25, 0.3) is 0 Å². The molecule has 0 aromatic heterocycles. The number of allylic oxidation sites excluding steroid dienone is 15. The van der Waals surface area contributed by atoms with Gasteiger partial charge in [-0.25, -0.2) is 4.57 Å². The zero-order valence-corrected chi connectivity index (χ0v) is 46.3. The van der Waals surface area contributed by atoms with Crippen molar-refractivity contribution in [2.24, 2.45) is 0 Å². The average molecular weight is 1030 g/mol. The SMILES string of the molecule is CC/C=C\C/C=C\C/C=C\C/C=C\C/C=C\CC(=O)OCC(COP(=O)(O)OCC(CO)OC(=O)CCCCCCC/C=C\CCCCCC)OC(=O)CCCCCCCCC/C=C\C/C=C\CCCCC. The van der Waals surface area contributed by atoms with Crippen molar-refractivity contribution < 1.29 is 52.2 Å². The molecule has 0 aliphatic heterocycles. The van der Waals surface area contributed by atoms with Gasteiger partial charge in [-0.05, 0) is 103 Å². The van der Waals surface area contributed by atoms with Crippen LogP contribution in [-0.4, -0.2) is 66.5 Å². The summed E-state index contributed by atoms with van der Waals surface area (Å²) < 4.78 is 39.3. The van der Waals surface area contributed by atoms with Crippen LogP contribution in [0.15, 0.2) is 97.2 Å². The summed E-state index contributed by atoms with van der Waals surface area (Å²) >= 11 is 0. The predicted molar refractivity (Wildman–Crippen MR) is 297 cm³/mol. The third-order valence-corrected chi connectivity index (χ3v) is 12.4. The van der Waals surface area contributed by atoms with E-state index < -0.39 is 64.4 Å². The van der Waals surface area contributed by atoms with Gasteiger partial charge in [0.05, 0.1) is 26.2 Å². The molecule has 0 aliphatic carbocycles. The Morgan fingerprint density at radius 1 is 0.417 bits per heavy atom. The molecule has 0 amide bonds. The molecule has 12 heteroatoms. The molecule has 0 radical (unpaired) electrons. The van der Waals surface area contributed by atoms with Gasteiger partial charge in [-0.2, -0.15) is 0 Å². The fourth-order valence-corrected chi connectivity index (χ4v) is 8.00. The molecule has 0 saturated carbocycles. The highest BCUT2D eigenvalue weighted by molar-refractivity contribution is 7.47. The summed E-state index contributed by atoms with van der Waals surface area (Å²) in [6, 6.07) is 0. The highest BCUT2D eigenvalue weighted by atomic mass is 31.2. The van der Waals surface area contributed by atoms with Crippen LogP contribution in [0.1, 0.15) is 226 Å². The van der Waals surface area contributed by atoms with Gasteiger partial charge in [0.15, 0.2) is 6.10 Å². The zero-order valence-electron chi connectivity index (χ0n) is 45.4. The lowest BCUT2D eigenvalue weighted by Crippen LogP contribution is -2.30. The lowest BCUT2D eigenvalue weighted by molar-refractivity contribution is -0.161. The molecule has 0 aliphatic rings. The first-order chi connectivity index (χ1) is 35.2. The van der Waals surface area contributed by atoms with Crippen molar-refractivity contribution in [2.45, 2.75) is 238 Å². The van der Waals surface area contributed by atoms with E-state index in [1.807, 2.05) is 12.2 Å². The number of carbonyl (C=O) groups excluding carboxylic acids is 3. The summed E-state index contributed by atoms with van der Waals surface area (Å²) in [4.78, 5) is 48.4. The Kier molecular flexibility index (Phi) is 51.0. The summed E-state index contributed by atoms with van der Waals surface area (Å²) in [6.07, 6.45) is 62.5. The van der Waals surface area contributed by atoms with Crippen LogP contribution in [0.25, 0.3) is 0 Å². The van der Waals surface area contributed by atoms with E-state index in [9.17, 15) is 28.9 Å². The maximum atomic E-state index is 12.9. The minimum absolute atomic E-state index is 0.0113. The molecule has 0 aromatic carbocycles. The van der Waals surface area contributed by atoms with Gasteiger partial charge in [-0.15, -0.1) is 0 Å². The number of hydrogen-bond acceptors (Lipinski definition) is 10. The third-order valence-electron chi connectivity index (χ3n) is 11.5. The van der Waals surface area contributed by atoms with Gasteiger partial charge in [-0.1, -0.05) is 201 Å². The van der Waals surface area contributed by atoms with Crippen molar-refractivity contribution >= 4 is 25.7 Å². The van der Waals surface area contributed by atoms with Crippen molar-refractivity contribution in [1.29, 1.82) is 0 Å². The van der Waals surface area contributed by atoms with Crippen molar-refractivity contribution in [3.8, 4) is 0 Å². The fourth-order valence-electron chi connectivity index (χ4n) is 7.22. The van der Waals surface area contributed by atoms with Gasteiger partial charge < -0.3 is 24.2 Å². The number of aliphatic hydroxyl groups excluding tert-OH is 1. The third kappa shape index (κ3) is 51.3. The number of esters is 3. The van der Waals surface area contributed by atoms with E-state index in [0.29, 0.717) is 19.3 Å². The summed E-state index contributed by atoms with van der Waals surface area (Å²) in [5.41, 5.74) is 0. The molecule has 11 nitrogen and oxygen atoms in total. The van der Waals surface area contributed by atoms with Crippen molar-refractivity contribution in [2.75, 3.05) is 26.4 Å². The first-order valence-electron chi connectivity index (χ1n) is 28.1. The minimum atomic E-state index is -4.77. The molecule has 3 atom stereocenters. The van der Waals surface area contributed by atoms with Crippen LogP contribution < -0.4 is 0 Å². The second-order valence-electron chi connectivity index (χ2n) is 18.4. The molecular formula is C60H101O11P. The van der Waals surface area contributed by atoms with Crippen LogP contribution in [0, 0.1) is 0 Å². The van der Waals surface area contributed by atoms with Gasteiger partial charge >= 0.3 is 25.7 Å². The van der Waals surface area contributed by atoms with Crippen molar-refractivity contribution in [3.05, 3.63) is 97.2 Å². The Morgan fingerprint density at radius 2 is 0.764 bits per heavy atom. The number of phosphoric ester groups is 1. The second-order valence-corrected chi connectivity index (χ2v) is 19.8. The Hall–Kier alpha value is -3.60. The van der Waals surface area contributed by atoms with Crippen LogP contribution in [0.2, 0.25) is 0 Å². The average Bonchev–Trinajstić information content (AvgIpc) is 3.37. The summed E-state index contributed by atoms with van der Waals surface area (Å²) in [7, 11) is -4.77. The second kappa shape index (κ2) is 53.7. The molecule has 0 aromatic rings. The summed E-state index contributed by atoms with van der Waals surface area (Å²) in [5.74, 6) is -1.64. The maximum absolute atomic E-state index is 12.9. The van der Waals surface area contributed by atoms with E-state index in [-0.39, 0.29) is 19.3 Å². The van der Waals surface area contributed by atoms with E-state index in [1.54, 1.807) is 6.08 Å². The zero-order chi connectivity index (χ0) is 52.7. The van der Waals surface area contributed by atoms with Crippen LogP contribution in [0.5, 0.6) is 0 Å². The normalized spacial score (nSPS) is 14.1. The number of aliphatic hydroxyl groups is 1. The van der Waals surface area contributed by atoms with Gasteiger partial charge in [0.1, 0.15) is 12.7 Å². The van der Waals surface area contributed by atoms with Crippen LogP contribution >= 0.6 is 7.82 Å². The van der Waals surface area contributed by atoms with E-state index in [0.717, 1.165) is 103 Å². The number of rotatable bonds is 51. The first-order valence-corrected chi connectivity index (χ1v) is 29.6. The van der Waals surface area contributed by atoms with Crippen LogP contribution in [-0.2, 0) is 42.2 Å². The van der Waals surface area contributed by atoms with Crippen molar-refractivity contribution in [3.63, 3.8) is 0 Å². The van der Waals surface area contributed by atoms with E-state index in [4.69, 9.17) is 23.3 Å². The molecule has 0 fully saturated rings. The first kappa shape index (κ1) is 68.4. The molecule has 0 saturated heterocycles. The number of unbranched alkanes of at least 4 members (excludes halogenated alkanes) is 19. The molecule has 2 N–H and O–H groups in total. The van der Waals surface area contributed by atoms with Gasteiger partial charge in [-0.3, -0.25) is 23.4 Å². The van der Waals surface area contributed by atoms with Crippen molar-refractivity contribution in [1.82, 2.24) is 0 Å². The van der Waals surface area contributed by atoms with Crippen LogP contribution in [0.4, 0.5) is 0 Å². The number of hydrogen-bond donors (Lipinski definition) is 2. The smallest absolute Gasteiger partial charge is 0.461 e. The summed E-state index contributed by atoms with van der Waals surface area (Å²) in [5, 5.41) is 9.79. The fraction of sp³-hybridized carbons (Fsp3) is 0.683. The molecule has 0 bridgehead atoms. The highest BCUT2D eigenvalue weighted by Crippen LogP contribution is 2.43. The summed E-state index contributed by atoms with van der Waals surface area (Å²) in [6.45, 7) is 4.35. The standard InChI is InChI=1S/C60H101O11P/c1-4-7-10-13-16-19-22-25-27-28-30-33-36-39-42-45-48-51-60(64)71-57(53-67-58(62)49-46-43-40-37-34-32-29-26-23-20-17-14-11-8-5-2)55-69-72(65,66)68-54-56(52-61)70-59(63)50-47-44-41-38-35-31-24-21-18-15-12-9-6-3/h8,11,16-17,19-21,24-27,29,34,37,43,46,56-57,61H,4-7,9-10,12-15,18,22-23,28,30-33,35-36,38-42,44-45,47-55H2,1-3H3,(H,65,66)/b11-8-,19-16-,20-17-,24-21-,27-25-,29-26-,37-34-,46-43-. The lowest BCUT2D eigenvalue weighted by Gasteiger charge is -2.21. The molecular weight excluding hydrogens is 928 g/mol. The minimum Gasteiger partial charge on any atom is -0.461 e. The van der Waals surface area contributed by atoms with E-state index >= 15 is 0 Å². The van der Waals surface area contributed by atoms with Gasteiger partial charge in [0, 0.05) is 12.8 Å². The molecule has 0 spiro atoms. The Balaban J connectivity index is 4.86. The Morgan fingerprint density at radius 3 is 1.22 bits per heavy atom. The molecule has 0 heterocycles. The Labute approximate surface area is 438 Å². The van der Waals surface area contributed by atoms with Crippen LogP contribution in [0.3, 0.4) is 0 Å². The maximum Gasteiger partial charge on any atom is 0.472 e. The molecule has 412 valence electrons. The largest absolute Gasteiger partial charge is 0.472 e. The highest BCUT2D eigenvalue weighted by Gasteiger charge is 2.28. The number of ether oxygens (including phenoxy) is 3. The Bertz CT molecular complexity index is 1580. The number of phosphoric acid groups is 1. The predicted octanol–water partition coefficient (Wildman–Crippen LogP) is 16.5. The number of carbonyl (C=O) groups is 3. The molecule has 0 rings (SSSR count). The van der Waals surface area contributed by atoms with E-state index in [2.05, 4.69) is 99.8 Å².